The number of H-pyrrole nitrogens is 1. The molecule has 2 aliphatic carbocycles. The minimum atomic E-state index is -1.08. The summed E-state index contributed by atoms with van der Waals surface area (Å²) in [6.07, 6.45) is 34.3. The molecule has 2 heterocycles. The van der Waals surface area contributed by atoms with Gasteiger partial charge in [-0.2, -0.15) is 0 Å². The van der Waals surface area contributed by atoms with Gasteiger partial charge in [-0.05, 0) is 87.9 Å². The van der Waals surface area contributed by atoms with Crippen molar-refractivity contribution >= 4 is 63.9 Å². The van der Waals surface area contributed by atoms with Crippen molar-refractivity contribution in [3.8, 4) is 44.3 Å². The average Bonchev–Trinajstić information content (AvgIpc) is 4.20. The molecule has 2 unspecified atom stereocenters. The molecule has 0 bridgehead atoms. The van der Waals surface area contributed by atoms with Gasteiger partial charge < -0.3 is 25.1 Å². The fraction of sp³-hybridized carbons (Fsp3) is 0.386. The fourth-order valence-corrected chi connectivity index (χ4v) is 5.93. The highest BCUT2D eigenvalue weighted by Gasteiger charge is 2.32. The van der Waals surface area contributed by atoms with Gasteiger partial charge in [-0.15, -0.1) is 51.7 Å². The number of methoxy groups -OCH3 is 1. The van der Waals surface area contributed by atoms with Gasteiger partial charge in [-0.3, -0.25) is 28.8 Å². The zero-order valence-electron chi connectivity index (χ0n) is 34.1. The number of rotatable bonds is 10. The fourth-order valence-electron chi connectivity index (χ4n) is 4.90. The first-order valence-corrected chi connectivity index (χ1v) is 19.6. The van der Waals surface area contributed by atoms with E-state index in [1.165, 1.54) is 19.3 Å². The van der Waals surface area contributed by atoms with Crippen LogP contribution in [0, 0.1) is 44.0 Å². The van der Waals surface area contributed by atoms with Gasteiger partial charge in [0.25, 0.3) is 5.56 Å². The van der Waals surface area contributed by atoms with E-state index in [1.807, 2.05) is 33.9 Å². The number of benzene rings is 2. The first kappa shape index (κ1) is 54.5. The van der Waals surface area contributed by atoms with Crippen molar-refractivity contribution in [2.24, 2.45) is 5.41 Å². The Balaban J connectivity index is 0. The van der Waals surface area contributed by atoms with Gasteiger partial charge in [-0.1, -0.05) is 44.5 Å². The minimum absolute atomic E-state index is 0.154. The summed E-state index contributed by atoms with van der Waals surface area (Å²) in [4.78, 5) is 59.0. The molecule has 2 aromatic carbocycles. The molecular formula is C44H58ClN5O7S. The topological polar surface area (TPSA) is 167 Å². The summed E-state index contributed by atoms with van der Waals surface area (Å²) in [5.74, 6) is 0.883. The number of aromatic nitrogens is 1. The number of carbonyl (C=O) groups excluding carboxylic acids is 4. The number of aromatic amines is 1. The minimum Gasteiger partial charge on any atom is -0.495 e. The van der Waals surface area contributed by atoms with Crippen LogP contribution in [0.2, 0.25) is 5.02 Å². The van der Waals surface area contributed by atoms with Crippen molar-refractivity contribution in [3.63, 3.8) is 0 Å². The Morgan fingerprint density at radius 1 is 0.983 bits per heavy atom. The Kier molecular flexibility index (Phi) is 28.6. The number of pyridine rings is 1. The van der Waals surface area contributed by atoms with Crippen LogP contribution in [0.4, 0.5) is 5.69 Å². The van der Waals surface area contributed by atoms with E-state index in [1.54, 1.807) is 49.7 Å². The van der Waals surface area contributed by atoms with Crippen molar-refractivity contribution in [3.05, 3.63) is 82.8 Å². The number of nitrogens with one attached hydrogen (secondary N) is 4. The third-order valence-electron chi connectivity index (χ3n) is 8.20. The number of aldehydes is 2. The molecule has 4 N–H and O–H groups in total. The molecule has 3 atom stereocenters. The number of hydrogen-bond acceptors (Lipinski definition) is 9. The SMILES string of the molecule is C#C.C#C.C#C.C=C.CC(C)(C)C(C=O)Nc1cccc(C=O)c1.CN1CCC[C@H]1C(=O)NC1CC1.COc1c[nH]c(=O)c2cc(Cl)ccc12.O=CNS(=O)C1CC1. The Bertz CT molecular complexity index is 1830. The van der Waals surface area contributed by atoms with Crippen LogP contribution in [0.3, 0.4) is 0 Å². The van der Waals surface area contributed by atoms with Crippen molar-refractivity contribution < 1.29 is 28.1 Å². The maximum absolute atomic E-state index is 11.6. The predicted octanol–water partition coefficient (Wildman–Crippen LogP) is 6.18. The molecule has 58 heavy (non-hydrogen) atoms. The van der Waals surface area contributed by atoms with Crippen molar-refractivity contribution in [1.29, 1.82) is 0 Å². The van der Waals surface area contributed by atoms with Crippen LogP contribution in [0.15, 0.2) is 66.6 Å². The Labute approximate surface area is 351 Å². The molecule has 2 saturated carbocycles. The van der Waals surface area contributed by atoms with Crippen molar-refractivity contribution in [2.75, 3.05) is 26.0 Å². The van der Waals surface area contributed by atoms with Gasteiger partial charge in [-0.25, -0.2) is 4.21 Å². The van der Waals surface area contributed by atoms with Crippen LogP contribution in [0.25, 0.3) is 10.8 Å². The van der Waals surface area contributed by atoms with E-state index in [9.17, 15) is 28.2 Å². The van der Waals surface area contributed by atoms with E-state index in [2.05, 4.69) is 76.9 Å². The van der Waals surface area contributed by atoms with Crippen LogP contribution in [0.1, 0.15) is 69.7 Å². The molecule has 2 amide bonds. The summed E-state index contributed by atoms with van der Waals surface area (Å²) < 4.78 is 17.9. The van der Waals surface area contributed by atoms with Gasteiger partial charge in [0, 0.05) is 33.9 Å². The summed E-state index contributed by atoms with van der Waals surface area (Å²) in [6.45, 7) is 13.0. The van der Waals surface area contributed by atoms with Gasteiger partial charge in [0.2, 0.25) is 12.3 Å². The zero-order valence-corrected chi connectivity index (χ0v) is 35.7. The number of likely N-dealkylation sites (tertiary alicyclic amines) is 1. The molecule has 1 aliphatic heterocycles. The molecule has 14 heteroatoms. The molecule has 12 nitrogen and oxygen atoms in total. The number of carbonyl (C=O) groups is 4. The van der Waals surface area contributed by atoms with E-state index in [4.69, 9.17) is 16.3 Å². The van der Waals surface area contributed by atoms with Crippen molar-refractivity contribution in [2.45, 2.75) is 82.7 Å². The highest BCUT2D eigenvalue weighted by atomic mass is 35.5. The molecule has 0 spiro atoms. The lowest BCUT2D eigenvalue weighted by atomic mass is 9.87. The first-order valence-electron chi connectivity index (χ1n) is 18.0. The Morgan fingerprint density at radius 3 is 2.07 bits per heavy atom. The quantitative estimate of drug-likeness (QED) is 0.106. The summed E-state index contributed by atoms with van der Waals surface area (Å²) in [5, 5.41) is 8.25. The maximum atomic E-state index is 11.6. The summed E-state index contributed by atoms with van der Waals surface area (Å²) in [6, 6.07) is 12.6. The van der Waals surface area contributed by atoms with E-state index in [0.717, 1.165) is 49.5 Å². The molecular weight excluding hydrogens is 778 g/mol. The lowest BCUT2D eigenvalue weighted by molar-refractivity contribution is -0.125. The second-order valence-corrected chi connectivity index (χ2v) is 15.3. The van der Waals surface area contributed by atoms with Gasteiger partial charge in [0.15, 0.2) is 0 Å². The van der Waals surface area contributed by atoms with Crippen LogP contribution < -0.4 is 25.7 Å². The lowest BCUT2D eigenvalue weighted by Crippen LogP contribution is -2.42. The van der Waals surface area contributed by atoms with Gasteiger partial charge in [0.1, 0.15) is 29.3 Å². The van der Waals surface area contributed by atoms with Crippen LogP contribution in [-0.4, -0.2) is 83.1 Å². The number of hydrogen-bond donors (Lipinski definition) is 4. The molecule has 3 fully saturated rings. The molecule has 1 aromatic heterocycles. The third-order valence-corrected chi connectivity index (χ3v) is 9.84. The summed E-state index contributed by atoms with van der Waals surface area (Å²) in [5.41, 5.74) is 1.07. The number of anilines is 1. The number of nitrogens with zero attached hydrogens (tertiary/aromatic N) is 1. The molecule has 3 aliphatic rings. The van der Waals surface area contributed by atoms with Crippen LogP contribution in [-0.2, 0) is 25.4 Å². The van der Waals surface area contributed by atoms with E-state index in [0.29, 0.717) is 34.2 Å². The highest BCUT2D eigenvalue weighted by molar-refractivity contribution is 7.84. The first-order chi connectivity index (χ1) is 27.8. The number of amides is 2. The zero-order chi connectivity index (χ0) is 44.8. The Hall–Kier alpha value is -5.65. The standard InChI is InChI=1S/C13H17NO2.C10H8ClNO2.C9H16N2O.C4H7NO2S.C2H4.3C2H2/c1-13(2,3)12(9-16)14-11-6-4-5-10(7-11)8-15;1-14-9-5-12-10(13)8-4-6(11)2-3-7(8)9;1-11-6-2-3-8(11)9(12)10-7-4-5-7;6-3-5-8(7)4-1-2-4;4*1-2/h4-9,12,14H,1-3H3;2-5H,1H3,(H,12,13);7-8H,2-6H2,1H3,(H,10,12);3-4H,1-2H2,(H,5,6);1-2H2;3*1-2H/t;;8-;;;;;/m..0...../s1. The van der Waals surface area contributed by atoms with E-state index < -0.39 is 11.0 Å². The Morgan fingerprint density at radius 2 is 1.60 bits per heavy atom. The molecule has 1 saturated heterocycles. The van der Waals surface area contributed by atoms with E-state index in [-0.39, 0.29) is 34.2 Å². The number of ether oxygens (including phenoxy) is 1. The largest absolute Gasteiger partial charge is 0.495 e. The van der Waals surface area contributed by atoms with E-state index >= 15 is 0 Å². The van der Waals surface area contributed by atoms with Gasteiger partial charge in [0.05, 0.1) is 29.8 Å². The summed E-state index contributed by atoms with van der Waals surface area (Å²) >= 11 is 5.79. The number of fused-ring (bicyclic) bond motifs is 1. The highest BCUT2D eigenvalue weighted by Crippen LogP contribution is 2.25. The molecule has 6 rings (SSSR count). The normalized spacial score (nSPS) is 15.6. The summed E-state index contributed by atoms with van der Waals surface area (Å²) in [7, 11) is 2.51. The molecule has 0 radical (unpaired) electrons. The average molecular weight is 836 g/mol. The number of likely N-dealkylation sites (N-methyl/N-ethyl adjacent to an activating group) is 1. The predicted molar refractivity (Wildman–Crippen MR) is 239 cm³/mol. The number of halogens is 1. The number of terminal acetylenes is 3. The molecule has 314 valence electrons. The van der Waals surface area contributed by atoms with Crippen molar-refractivity contribution in [1.82, 2.24) is 19.9 Å². The van der Waals surface area contributed by atoms with Crippen LogP contribution >= 0.6 is 11.6 Å². The lowest BCUT2D eigenvalue weighted by Gasteiger charge is -2.27. The second kappa shape index (κ2) is 30.5. The second-order valence-electron chi connectivity index (χ2n) is 13.4. The molecule has 3 aromatic rings. The maximum Gasteiger partial charge on any atom is 0.256 e. The van der Waals surface area contributed by atoms with Crippen LogP contribution in [0.5, 0.6) is 5.75 Å². The monoisotopic (exact) mass is 835 g/mol. The third kappa shape index (κ3) is 20.5. The van der Waals surface area contributed by atoms with Gasteiger partial charge >= 0.3 is 0 Å². The smallest absolute Gasteiger partial charge is 0.256 e.